The van der Waals surface area contributed by atoms with E-state index in [4.69, 9.17) is 14.2 Å². The standard InChI is InChI=1S/C28H50N3O9P/c1-18(32)21(41(11,12)37)17-20(33)19(29-23(34)38-26(2,3)4)15-13-14-16-22(30-24(35)39-27(5,6)7)31-25(36)40-28(8,9)10/h19,21H,13-17H2,1-12H3,(H,29,34)(H,30,31,35,36). The van der Waals surface area contributed by atoms with Crippen LogP contribution < -0.4 is 10.6 Å². The molecule has 2 N–H and O–H groups in total. The number of amides is 3. The first-order valence-corrected chi connectivity index (χ1v) is 16.3. The number of Topliss-reactive ketones (excluding diaryl/α,β-unsaturated/α-hetero) is 2. The minimum atomic E-state index is -2.92. The molecule has 0 saturated heterocycles. The molecule has 0 aromatic carbocycles. The second kappa shape index (κ2) is 15.5. The normalized spacial score (nSPS) is 14.4. The molecular weight excluding hydrogens is 553 g/mol. The molecule has 0 aliphatic rings. The van der Waals surface area contributed by atoms with E-state index < -0.39 is 59.7 Å². The average molecular weight is 604 g/mol. The number of alkyl carbamates (subject to hydrolysis) is 2. The van der Waals surface area contributed by atoms with Crippen molar-refractivity contribution in [3.8, 4) is 0 Å². The Morgan fingerprint density at radius 3 is 1.71 bits per heavy atom. The summed E-state index contributed by atoms with van der Waals surface area (Å²) in [5.41, 5.74) is -3.33. The number of hydrogen-bond acceptors (Lipinski definition) is 9. The predicted octanol–water partition coefficient (Wildman–Crippen LogP) is 5.84. The number of hydrogen-bond donors (Lipinski definition) is 2. The molecule has 0 spiro atoms. The molecule has 0 rings (SSSR count). The first kappa shape index (κ1) is 38.2. The number of ether oxygens (including phenoxy) is 3. The summed E-state index contributed by atoms with van der Waals surface area (Å²) in [6.07, 6.45) is -1.77. The van der Waals surface area contributed by atoms with Gasteiger partial charge >= 0.3 is 18.3 Å². The fourth-order valence-corrected chi connectivity index (χ4v) is 5.00. The van der Waals surface area contributed by atoms with Crippen molar-refractivity contribution in [1.29, 1.82) is 0 Å². The highest BCUT2D eigenvalue weighted by atomic mass is 31.2. The molecule has 0 aliphatic carbocycles. The van der Waals surface area contributed by atoms with E-state index in [0.717, 1.165) is 0 Å². The SMILES string of the molecule is CC(=O)C(CC(=O)C(CCCCC(=NC(=O)OC(C)(C)C)NC(=O)OC(C)(C)C)NC(=O)OC(C)(C)C)P(C)(C)=O. The Bertz CT molecular complexity index is 1030. The van der Waals surface area contributed by atoms with Crippen LogP contribution in [0.2, 0.25) is 0 Å². The van der Waals surface area contributed by atoms with Crippen LogP contribution in [0.25, 0.3) is 0 Å². The van der Waals surface area contributed by atoms with Crippen molar-refractivity contribution in [2.45, 2.75) is 130 Å². The summed E-state index contributed by atoms with van der Waals surface area (Å²) >= 11 is 0. The van der Waals surface area contributed by atoms with Crippen LogP contribution in [0, 0.1) is 0 Å². The number of nitrogens with one attached hydrogen (secondary N) is 2. The number of rotatable bonds is 11. The van der Waals surface area contributed by atoms with E-state index in [1.165, 1.54) is 20.3 Å². The summed E-state index contributed by atoms with van der Waals surface area (Å²) in [5.74, 6) is -0.792. The van der Waals surface area contributed by atoms with Gasteiger partial charge in [-0.1, -0.05) is 6.42 Å². The lowest BCUT2D eigenvalue weighted by molar-refractivity contribution is -0.124. The van der Waals surface area contributed by atoms with E-state index in [9.17, 15) is 28.5 Å². The Morgan fingerprint density at radius 2 is 1.27 bits per heavy atom. The third kappa shape index (κ3) is 19.1. The van der Waals surface area contributed by atoms with Gasteiger partial charge in [0.1, 0.15) is 28.4 Å². The number of amidine groups is 1. The maximum atomic E-state index is 13.2. The maximum Gasteiger partial charge on any atom is 0.435 e. The van der Waals surface area contributed by atoms with Crippen molar-refractivity contribution < 1.29 is 42.7 Å². The van der Waals surface area contributed by atoms with E-state index in [2.05, 4.69) is 15.6 Å². The molecule has 12 nitrogen and oxygen atoms in total. The number of unbranched alkanes of at least 4 members (excludes halogenated alkanes) is 1. The second-order valence-corrected chi connectivity index (χ2v) is 16.8. The average Bonchev–Trinajstić information content (AvgIpc) is 2.68. The van der Waals surface area contributed by atoms with Gasteiger partial charge in [-0.2, -0.15) is 4.99 Å². The molecule has 3 amide bonds. The minimum absolute atomic E-state index is 0.0195. The molecule has 13 heteroatoms. The number of ketones is 2. The van der Waals surface area contributed by atoms with Gasteiger partial charge in [0.25, 0.3) is 0 Å². The van der Waals surface area contributed by atoms with E-state index in [-0.39, 0.29) is 30.9 Å². The molecule has 236 valence electrons. The van der Waals surface area contributed by atoms with Gasteiger partial charge in [0.15, 0.2) is 5.78 Å². The van der Waals surface area contributed by atoms with Gasteiger partial charge in [-0.05, 0) is 95.4 Å². The Kier molecular flexibility index (Phi) is 14.4. The zero-order valence-corrected chi connectivity index (χ0v) is 27.7. The number of aliphatic imine (C=N–C) groups is 1. The summed E-state index contributed by atoms with van der Waals surface area (Å²) in [6, 6.07) is -1.01. The molecule has 41 heavy (non-hydrogen) atoms. The van der Waals surface area contributed by atoms with Gasteiger partial charge in [-0.15, -0.1) is 0 Å². The van der Waals surface area contributed by atoms with Crippen LogP contribution in [-0.2, 0) is 28.4 Å². The molecule has 0 bridgehead atoms. The molecule has 2 atom stereocenters. The molecule has 0 heterocycles. The highest BCUT2D eigenvalue weighted by molar-refractivity contribution is 7.64. The molecule has 0 aromatic rings. The third-order valence-corrected chi connectivity index (χ3v) is 7.16. The lowest BCUT2D eigenvalue weighted by atomic mass is 10.00. The van der Waals surface area contributed by atoms with Crippen LogP contribution in [0.15, 0.2) is 4.99 Å². The minimum Gasteiger partial charge on any atom is -0.444 e. The smallest absolute Gasteiger partial charge is 0.435 e. The topological polar surface area (TPSA) is 167 Å². The molecular formula is C28H50N3O9P. The predicted molar refractivity (Wildman–Crippen MR) is 158 cm³/mol. The Balaban J connectivity index is 5.69. The van der Waals surface area contributed by atoms with E-state index in [0.29, 0.717) is 12.8 Å². The van der Waals surface area contributed by atoms with Gasteiger partial charge in [0.05, 0.1) is 18.8 Å². The van der Waals surface area contributed by atoms with Crippen LogP contribution in [-0.4, -0.2) is 77.5 Å². The monoisotopic (exact) mass is 603 g/mol. The second-order valence-electron chi connectivity index (χ2n) is 13.3. The molecule has 2 unspecified atom stereocenters. The maximum absolute atomic E-state index is 13.2. The largest absolute Gasteiger partial charge is 0.444 e. The Morgan fingerprint density at radius 1 is 0.780 bits per heavy atom. The highest BCUT2D eigenvalue weighted by Gasteiger charge is 2.33. The zero-order chi connectivity index (χ0) is 32.4. The van der Waals surface area contributed by atoms with Crippen LogP contribution in [0.1, 0.15) is 101 Å². The first-order chi connectivity index (χ1) is 18.3. The Hall–Kier alpha value is -2.75. The summed E-state index contributed by atoms with van der Waals surface area (Å²) < 4.78 is 28.4. The van der Waals surface area contributed by atoms with Crippen molar-refractivity contribution in [2.24, 2.45) is 4.99 Å². The zero-order valence-electron chi connectivity index (χ0n) is 26.8. The number of carbonyl (C=O) groups excluding carboxylic acids is 5. The van der Waals surface area contributed by atoms with Crippen LogP contribution in [0.3, 0.4) is 0 Å². The van der Waals surface area contributed by atoms with Crippen molar-refractivity contribution in [2.75, 3.05) is 13.3 Å². The lowest BCUT2D eigenvalue weighted by Crippen LogP contribution is -2.44. The van der Waals surface area contributed by atoms with Gasteiger partial charge in [-0.3, -0.25) is 14.9 Å². The Labute approximate surface area is 244 Å². The van der Waals surface area contributed by atoms with Crippen molar-refractivity contribution >= 4 is 42.8 Å². The van der Waals surface area contributed by atoms with E-state index in [1.807, 2.05) is 0 Å². The lowest BCUT2D eigenvalue weighted by Gasteiger charge is -2.25. The van der Waals surface area contributed by atoms with Gasteiger partial charge < -0.3 is 24.1 Å². The molecule has 0 aliphatic heterocycles. The quantitative estimate of drug-likeness (QED) is 0.0970. The fraction of sp³-hybridized carbons (Fsp3) is 0.786. The third-order valence-electron chi connectivity index (χ3n) is 5.12. The van der Waals surface area contributed by atoms with Gasteiger partial charge in [0.2, 0.25) is 0 Å². The summed E-state index contributed by atoms with van der Waals surface area (Å²) in [4.78, 5) is 66.2. The van der Waals surface area contributed by atoms with Gasteiger partial charge in [-0.25, -0.2) is 14.4 Å². The molecule has 0 fully saturated rings. The van der Waals surface area contributed by atoms with Gasteiger partial charge in [0, 0.05) is 12.8 Å². The van der Waals surface area contributed by atoms with Crippen LogP contribution in [0.5, 0.6) is 0 Å². The van der Waals surface area contributed by atoms with Crippen LogP contribution in [0.4, 0.5) is 14.4 Å². The van der Waals surface area contributed by atoms with Crippen molar-refractivity contribution in [1.82, 2.24) is 10.6 Å². The number of nitrogens with zero attached hydrogens (tertiary/aromatic N) is 1. The highest BCUT2D eigenvalue weighted by Crippen LogP contribution is 2.44. The first-order valence-electron chi connectivity index (χ1n) is 13.7. The number of carbonyl (C=O) groups is 5. The fourth-order valence-electron chi connectivity index (χ4n) is 3.50. The summed E-state index contributed by atoms with van der Waals surface area (Å²) in [7, 11) is -2.92. The van der Waals surface area contributed by atoms with E-state index in [1.54, 1.807) is 62.3 Å². The summed E-state index contributed by atoms with van der Waals surface area (Å²) in [6.45, 7) is 19.4. The summed E-state index contributed by atoms with van der Waals surface area (Å²) in [5, 5.41) is 5.04. The van der Waals surface area contributed by atoms with Crippen molar-refractivity contribution in [3.05, 3.63) is 0 Å². The van der Waals surface area contributed by atoms with Crippen molar-refractivity contribution in [3.63, 3.8) is 0 Å². The van der Waals surface area contributed by atoms with E-state index >= 15 is 0 Å². The molecule has 0 radical (unpaired) electrons. The van der Waals surface area contributed by atoms with Crippen LogP contribution >= 0.6 is 7.14 Å². The molecule has 0 aromatic heterocycles. The molecule has 0 saturated carbocycles.